The molecule has 0 radical (unpaired) electrons. The summed E-state index contributed by atoms with van der Waals surface area (Å²) in [7, 11) is 6.42. The first-order chi connectivity index (χ1) is 13.0. The summed E-state index contributed by atoms with van der Waals surface area (Å²) < 4.78 is 21.6. The highest BCUT2D eigenvalue weighted by Gasteiger charge is 2.25. The number of nitrogens with zero attached hydrogens (tertiary/aromatic N) is 1. The fourth-order valence-electron chi connectivity index (χ4n) is 3.65. The van der Waals surface area contributed by atoms with E-state index in [1.807, 2.05) is 24.3 Å². The highest BCUT2D eigenvalue weighted by Crippen LogP contribution is 2.39. The third-order valence-electron chi connectivity index (χ3n) is 5.12. The summed E-state index contributed by atoms with van der Waals surface area (Å²) >= 11 is 0. The van der Waals surface area contributed by atoms with Crippen molar-refractivity contribution >= 4 is 0 Å². The summed E-state index contributed by atoms with van der Waals surface area (Å²) in [6.07, 6.45) is 0.872. The second kappa shape index (κ2) is 7.96. The van der Waals surface area contributed by atoms with Gasteiger partial charge in [-0.05, 0) is 54.3 Å². The van der Waals surface area contributed by atoms with Crippen molar-refractivity contribution in [3.05, 3.63) is 41.0 Å². The van der Waals surface area contributed by atoms with Crippen molar-refractivity contribution in [3.63, 3.8) is 0 Å². The van der Waals surface area contributed by atoms with E-state index in [-0.39, 0.29) is 5.75 Å². The molecule has 0 spiro atoms. The zero-order chi connectivity index (χ0) is 19.6. The highest BCUT2D eigenvalue weighted by atomic mass is 16.5. The molecule has 0 aliphatic carbocycles. The summed E-state index contributed by atoms with van der Waals surface area (Å²) in [4.78, 5) is 2.39. The number of hydrogen-bond donors (Lipinski definition) is 1. The fourth-order valence-corrected chi connectivity index (χ4v) is 3.65. The minimum atomic E-state index is 0.196. The van der Waals surface area contributed by atoms with E-state index in [0.29, 0.717) is 29.0 Å². The second-order valence-electron chi connectivity index (χ2n) is 6.78. The molecule has 1 aliphatic heterocycles. The van der Waals surface area contributed by atoms with E-state index in [4.69, 9.17) is 18.9 Å². The van der Waals surface area contributed by atoms with E-state index in [1.165, 1.54) is 11.1 Å². The Balaban J connectivity index is 1.88. The zero-order valence-corrected chi connectivity index (χ0v) is 16.5. The van der Waals surface area contributed by atoms with Gasteiger partial charge in [0.1, 0.15) is 0 Å². The standard InChI is InChI=1S/C21H27NO5/c1-13-6-15-9-17(23)18(24-2)10-16(15)12-22(13)11-14-7-19(25-3)21(27-5)20(8-14)26-4/h7-10,13,23H,6,11-12H2,1-5H3. The molecule has 6 heteroatoms. The Bertz CT molecular complexity index is 795. The van der Waals surface area contributed by atoms with Crippen LogP contribution in [-0.2, 0) is 19.5 Å². The van der Waals surface area contributed by atoms with Crippen LogP contribution in [0.25, 0.3) is 0 Å². The van der Waals surface area contributed by atoms with Gasteiger partial charge in [0.25, 0.3) is 0 Å². The number of ether oxygens (including phenoxy) is 4. The predicted molar refractivity (Wildman–Crippen MR) is 103 cm³/mol. The lowest BCUT2D eigenvalue weighted by Crippen LogP contribution is -2.37. The molecule has 27 heavy (non-hydrogen) atoms. The Kier molecular flexibility index (Phi) is 5.65. The molecule has 1 heterocycles. The first kappa shape index (κ1) is 19.2. The molecule has 3 rings (SSSR count). The fraction of sp³-hybridized carbons (Fsp3) is 0.429. The Hall–Kier alpha value is -2.60. The molecular formula is C21H27NO5. The van der Waals surface area contributed by atoms with Crippen LogP contribution in [0, 0.1) is 0 Å². The van der Waals surface area contributed by atoms with Crippen LogP contribution in [0.2, 0.25) is 0 Å². The number of fused-ring (bicyclic) bond motifs is 1. The van der Waals surface area contributed by atoms with E-state index < -0.39 is 0 Å². The molecular weight excluding hydrogens is 346 g/mol. The number of hydrogen-bond acceptors (Lipinski definition) is 6. The molecule has 1 atom stereocenters. The van der Waals surface area contributed by atoms with Crippen molar-refractivity contribution in [1.29, 1.82) is 0 Å². The van der Waals surface area contributed by atoms with Gasteiger partial charge in [0, 0.05) is 19.1 Å². The molecule has 6 nitrogen and oxygen atoms in total. The lowest BCUT2D eigenvalue weighted by atomic mass is 9.93. The maximum Gasteiger partial charge on any atom is 0.203 e. The smallest absolute Gasteiger partial charge is 0.203 e. The van der Waals surface area contributed by atoms with E-state index in [0.717, 1.165) is 25.1 Å². The van der Waals surface area contributed by atoms with Gasteiger partial charge >= 0.3 is 0 Å². The van der Waals surface area contributed by atoms with Gasteiger partial charge in [0.05, 0.1) is 28.4 Å². The summed E-state index contributed by atoms with van der Waals surface area (Å²) in [5, 5.41) is 10.0. The van der Waals surface area contributed by atoms with Gasteiger partial charge in [-0.15, -0.1) is 0 Å². The second-order valence-corrected chi connectivity index (χ2v) is 6.78. The number of phenolic OH excluding ortho intramolecular Hbond substituents is 1. The minimum Gasteiger partial charge on any atom is -0.504 e. The molecule has 1 aliphatic rings. The number of methoxy groups -OCH3 is 4. The largest absolute Gasteiger partial charge is 0.504 e. The summed E-state index contributed by atoms with van der Waals surface area (Å²) in [6, 6.07) is 8.06. The van der Waals surface area contributed by atoms with Gasteiger partial charge in [-0.25, -0.2) is 0 Å². The van der Waals surface area contributed by atoms with Crippen LogP contribution < -0.4 is 18.9 Å². The quantitative estimate of drug-likeness (QED) is 0.838. The Morgan fingerprint density at radius 1 is 0.889 bits per heavy atom. The molecule has 146 valence electrons. The van der Waals surface area contributed by atoms with Crippen molar-refractivity contribution in [3.8, 4) is 28.7 Å². The number of benzene rings is 2. The predicted octanol–water partition coefficient (Wildman–Crippen LogP) is 3.37. The molecule has 0 bridgehead atoms. The number of aromatic hydroxyl groups is 1. The molecule has 0 fully saturated rings. The molecule has 1 unspecified atom stereocenters. The minimum absolute atomic E-state index is 0.196. The maximum atomic E-state index is 10.0. The molecule has 0 saturated carbocycles. The van der Waals surface area contributed by atoms with Crippen LogP contribution in [0.5, 0.6) is 28.7 Å². The van der Waals surface area contributed by atoms with Crippen LogP contribution >= 0.6 is 0 Å². The first-order valence-electron chi connectivity index (χ1n) is 8.92. The van der Waals surface area contributed by atoms with Crippen molar-refractivity contribution < 1.29 is 24.1 Å². The van der Waals surface area contributed by atoms with Crippen LogP contribution in [0.15, 0.2) is 24.3 Å². The van der Waals surface area contributed by atoms with Gasteiger partial charge in [-0.3, -0.25) is 4.90 Å². The third kappa shape index (κ3) is 3.76. The SMILES string of the molecule is COc1cc2c(cc1O)CC(C)N(Cc1cc(OC)c(OC)c(OC)c1)C2. The van der Waals surface area contributed by atoms with Crippen molar-refractivity contribution in [2.24, 2.45) is 0 Å². The van der Waals surface area contributed by atoms with Gasteiger partial charge in [-0.2, -0.15) is 0 Å². The van der Waals surface area contributed by atoms with Crippen LogP contribution in [0.1, 0.15) is 23.6 Å². The van der Waals surface area contributed by atoms with E-state index in [9.17, 15) is 5.11 Å². The normalized spacial score (nSPS) is 16.6. The first-order valence-corrected chi connectivity index (χ1v) is 8.92. The molecule has 2 aromatic carbocycles. The molecule has 2 aromatic rings. The zero-order valence-electron chi connectivity index (χ0n) is 16.5. The number of phenols is 1. The maximum absolute atomic E-state index is 10.0. The topological polar surface area (TPSA) is 60.4 Å². The van der Waals surface area contributed by atoms with E-state index in [1.54, 1.807) is 28.4 Å². The molecule has 0 amide bonds. The lowest BCUT2D eigenvalue weighted by molar-refractivity contribution is 0.174. The molecule has 0 aromatic heterocycles. The average molecular weight is 373 g/mol. The van der Waals surface area contributed by atoms with Crippen molar-refractivity contribution in [2.75, 3.05) is 28.4 Å². The van der Waals surface area contributed by atoms with Crippen molar-refractivity contribution in [1.82, 2.24) is 4.90 Å². The number of rotatable bonds is 6. The van der Waals surface area contributed by atoms with Gasteiger partial charge in [-0.1, -0.05) is 0 Å². The van der Waals surface area contributed by atoms with Gasteiger partial charge in [0.2, 0.25) is 5.75 Å². The van der Waals surface area contributed by atoms with E-state index >= 15 is 0 Å². The van der Waals surface area contributed by atoms with Crippen molar-refractivity contribution in [2.45, 2.75) is 32.5 Å². The molecule has 1 N–H and O–H groups in total. The summed E-state index contributed by atoms with van der Waals surface area (Å²) in [5.74, 6) is 2.62. The Morgan fingerprint density at radius 3 is 2.07 bits per heavy atom. The molecule has 0 saturated heterocycles. The Labute approximate surface area is 160 Å². The summed E-state index contributed by atoms with van der Waals surface area (Å²) in [5.41, 5.74) is 3.43. The Morgan fingerprint density at radius 2 is 1.52 bits per heavy atom. The van der Waals surface area contributed by atoms with E-state index in [2.05, 4.69) is 11.8 Å². The lowest BCUT2D eigenvalue weighted by Gasteiger charge is -2.35. The van der Waals surface area contributed by atoms with Crippen LogP contribution in [0.3, 0.4) is 0 Å². The third-order valence-corrected chi connectivity index (χ3v) is 5.12. The van der Waals surface area contributed by atoms with Crippen LogP contribution in [0.4, 0.5) is 0 Å². The monoisotopic (exact) mass is 373 g/mol. The summed E-state index contributed by atoms with van der Waals surface area (Å²) in [6.45, 7) is 3.73. The van der Waals surface area contributed by atoms with Gasteiger partial charge in [0.15, 0.2) is 23.0 Å². The average Bonchev–Trinajstić information content (AvgIpc) is 2.67. The highest BCUT2D eigenvalue weighted by molar-refractivity contribution is 5.54. The van der Waals surface area contributed by atoms with Gasteiger partial charge < -0.3 is 24.1 Å². The van der Waals surface area contributed by atoms with Crippen LogP contribution in [-0.4, -0.2) is 44.5 Å².